The van der Waals surface area contributed by atoms with Gasteiger partial charge in [0.15, 0.2) is 5.11 Å². The summed E-state index contributed by atoms with van der Waals surface area (Å²) in [6.07, 6.45) is 0.875. The number of amides is 2. The Hall–Kier alpha value is -2.97. The van der Waals surface area contributed by atoms with Crippen LogP contribution in [0.4, 0.5) is 5.69 Å². The summed E-state index contributed by atoms with van der Waals surface area (Å²) in [6, 6.07) is 13.7. The van der Waals surface area contributed by atoms with Crippen molar-refractivity contribution in [3.8, 4) is 5.75 Å². The van der Waals surface area contributed by atoms with Crippen LogP contribution in [0.5, 0.6) is 5.75 Å². The van der Waals surface area contributed by atoms with Gasteiger partial charge in [-0.1, -0.05) is 19.1 Å². The summed E-state index contributed by atoms with van der Waals surface area (Å²) in [4.78, 5) is 24.5. The van der Waals surface area contributed by atoms with Gasteiger partial charge in [0.05, 0.1) is 12.2 Å². The Morgan fingerprint density at radius 3 is 2.41 bits per heavy atom. The van der Waals surface area contributed by atoms with Crippen LogP contribution in [0.25, 0.3) is 0 Å². The molecule has 2 rings (SSSR count). The summed E-state index contributed by atoms with van der Waals surface area (Å²) in [5.41, 5.74) is 1.59. The van der Waals surface area contributed by atoms with E-state index >= 15 is 0 Å². The fraction of sp³-hybridized carbons (Fsp3) is 0.286. The predicted octanol–water partition coefficient (Wildman–Crippen LogP) is 2.98. The molecule has 0 unspecified atom stereocenters. The summed E-state index contributed by atoms with van der Waals surface area (Å²) < 4.78 is 10.5. The Balaban J connectivity index is 1.94. The van der Waals surface area contributed by atoms with E-state index in [0.717, 1.165) is 6.42 Å². The van der Waals surface area contributed by atoms with Crippen LogP contribution in [-0.4, -0.2) is 43.8 Å². The van der Waals surface area contributed by atoms with E-state index in [2.05, 4.69) is 16.0 Å². The fourth-order valence-electron chi connectivity index (χ4n) is 2.39. The lowest BCUT2D eigenvalue weighted by atomic mass is 10.2. The topological polar surface area (TPSA) is 88.7 Å². The molecule has 0 fully saturated rings. The molecular weight excluding hydrogens is 390 g/mol. The fourth-order valence-corrected chi connectivity index (χ4v) is 2.60. The van der Waals surface area contributed by atoms with Crippen LogP contribution in [-0.2, 0) is 4.74 Å². The number of hydrogen-bond donors (Lipinski definition) is 3. The first-order chi connectivity index (χ1) is 14.0. The lowest BCUT2D eigenvalue weighted by Gasteiger charge is -2.13. The molecule has 29 heavy (non-hydrogen) atoms. The van der Waals surface area contributed by atoms with Crippen LogP contribution in [0.1, 0.15) is 34.1 Å². The molecule has 2 amide bonds. The zero-order valence-corrected chi connectivity index (χ0v) is 17.3. The first kappa shape index (κ1) is 22.3. The van der Waals surface area contributed by atoms with Gasteiger partial charge in [0.2, 0.25) is 0 Å². The average Bonchev–Trinajstić information content (AvgIpc) is 2.73. The molecule has 0 bridgehead atoms. The molecule has 0 saturated carbocycles. The number of rotatable bonds is 9. The van der Waals surface area contributed by atoms with Crippen molar-refractivity contribution in [3.05, 3.63) is 59.7 Å². The van der Waals surface area contributed by atoms with E-state index in [0.29, 0.717) is 42.3 Å². The molecule has 0 aliphatic carbocycles. The minimum Gasteiger partial charge on any atom is -0.490 e. The normalized spacial score (nSPS) is 10.1. The number of anilines is 1. The van der Waals surface area contributed by atoms with E-state index < -0.39 is 0 Å². The molecule has 7 nitrogen and oxygen atoms in total. The number of benzene rings is 2. The number of thiocarbonyl (C=S) groups is 1. The first-order valence-electron chi connectivity index (χ1n) is 9.26. The maximum absolute atomic E-state index is 12.5. The van der Waals surface area contributed by atoms with Gasteiger partial charge in [-0.15, -0.1) is 0 Å². The molecule has 0 radical (unpaired) electrons. The van der Waals surface area contributed by atoms with Crippen molar-refractivity contribution < 1.29 is 19.1 Å². The van der Waals surface area contributed by atoms with E-state index in [-0.39, 0.29) is 16.9 Å². The van der Waals surface area contributed by atoms with Crippen LogP contribution >= 0.6 is 12.2 Å². The molecule has 0 aliphatic rings. The molecule has 8 heteroatoms. The highest BCUT2D eigenvalue weighted by Crippen LogP contribution is 2.18. The van der Waals surface area contributed by atoms with Crippen molar-refractivity contribution in [1.82, 2.24) is 10.6 Å². The van der Waals surface area contributed by atoms with Crippen LogP contribution < -0.4 is 20.7 Å². The Labute approximate surface area is 175 Å². The molecule has 3 N–H and O–H groups in total. The van der Waals surface area contributed by atoms with Gasteiger partial charge in [0, 0.05) is 24.9 Å². The molecule has 0 atom stereocenters. The van der Waals surface area contributed by atoms with Crippen LogP contribution in [0.2, 0.25) is 0 Å². The zero-order chi connectivity index (χ0) is 21.1. The highest BCUT2D eigenvalue weighted by atomic mass is 32.1. The second-order valence-corrected chi connectivity index (χ2v) is 6.49. The van der Waals surface area contributed by atoms with Gasteiger partial charge >= 0.3 is 0 Å². The third kappa shape index (κ3) is 7.17. The summed E-state index contributed by atoms with van der Waals surface area (Å²) >= 11 is 5.22. The highest BCUT2D eigenvalue weighted by molar-refractivity contribution is 7.80. The molecule has 2 aromatic rings. The van der Waals surface area contributed by atoms with Gasteiger partial charge in [-0.25, -0.2) is 0 Å². The summed E-state index contributed by atoms with van der Waals surface area (Å²) in [7, 11) is 1.58. The van der Waals surface area contributed by atoms with Crippen molar-refractivity contribution in [3.63, 3.8) is 0 Å². The van der Waals surface area contributed by atoms with Gasteiger partial charge < -0.3 is 20.1 Å². The number of nitrogens with one attached hydrogen (secondary N) is 3. The number of hydrogen-bond acceptors (Lipinski definition) is 5. The van der Waals surface area contributed by atoms with Crippen molar-refractivity contribution in [2.24, 2.45) is 0 Å². The molecule has 0 aliphatic heterocycles. The Kier molecular flexibility index (Phi) is 9.07. The SMILES string of the molecule is CCCNC(=O)c1ccc(NC(=S)NC(=O)c2ccccc2OCCOC)cc1. The first-order valence-corrected chi connectivity index (χ1v) is 9.67. The van der Waals surface area contributed by atoms with Crippen molar-refractivity contribution in [2.75, 3.05) is 32.2 Å². The monoisotopic (exact) mass is 415 g/mol. The lowest BCUT2D eigenvalue weighted by Crippen LogP contribution is -2.34. The molecule has 154 valence electrons. The number of methoxy groups -OCH3 is 1. The smallest absolute Gasteiger partial charge is 0.261 e. The van der Waals surface area contributed by atoms with Crippen LogP contribution in [0, 0.1) is 0 Å². The maximum Gasteiger partial charge on any atom is 0.261 e. The minimum atomic E-state index is -0.383. The Morgan fingerprint density at radius 2 is 1.72 bits per heavy atom. The number of ether oxygens (including phenoxy) is 2. The van der Waals surface area contributed by atoms with Gasteiger partial charge in [0.1, 0.15) is 12.4 Å². The number of carbonyl (C=O) groups excluding carboxylic acids is 2. The quantitative estimate of drug-likeness (QED) is 0.431. The minimum absolute atomic E-state index is 0.126. The third-order valence-corrected chi connectivity index (χ3v) is 4.05. The maximum atomic E-state index is 12.5. The van der Waals surface area contributed by atoms with Gasteiger partial charge in [-0.05, 0) is 55.0 Å². The molecule has 0 aromatic heterocycles. The van der Waals surface area contributed by atoms with E-state index in [9.17, 15) is 9.59 Å². The van der Waals surface area contributed by atoms with E-state index in [1.54, 1.807) is 55.6 Å². The number of para-hydroxylation sites is 1. The molecule has 0 saturated heterocycles. The Bertz CT molecular complexity index is 840. The van der Waals surface area contributed by atoms with Gasteiger partial charge in [0.25, 0.3) is 11.8 Å². The van der Waals surface area contributed by atoms with Gasteiger partial charge in [-0.3, -0.25) is 14.9 Å². The predicted molar refractivity (Wildman–Crippen MR) is 117 cm³/mol. The largest absolute Gasteiger partial charge is 0.490 e. The van der Waals surface area contributed by atoms with Crippen LogP contribution in [0.3, 0.4) is 0 Å². The van der Waals surface area contributed by atoms with Crippen LogP contribution in [0.15, 0.2) is 48.5 Å². The highest BCUT2D eigenvalue weighted by Gasteiger charge is 2.14. The van der Waals surface area contributed by atoms with E-state index in [1.165, 1.54) is 0 Å². The average molecular weight is 416 g/mol. The van der Waals surface area contributed by atoms with Crippen molar-refractivity contribution >= 4 is 34.8 Å². The number of carbonyl (C=O) groups is 2. The van der Waals surface area contributed by atoms with E-state index in [1.807, 2.05) is 6.92 Å². The third-order valence-electron chi connectivity index (χ3n) is 3.84. The summed E-state index contributed by atoms with van der Waals surface area (Å²) in [5.74, 6) is -0.0577. The van der Waals surface area contributed by atoms with Crippen molar-refractivity contribution in [2.45, 2.75) is 13.3 Å². The molecule has 0 spiro atoms. The Morgan fingerprint density at radius 1 is 1.00 bits per heavy atom. The standard InChI is InChI=1S/C21H25N3O4S/c1-3-12-22-19(25)15-8-10-16(11-9-15)23-21(29)24-20(26)17-6-4-5-7-18(17)28-14-13-27-2/h4-11H,3,12-14H2,1-2H3,(H,22,25)(H2,23,24,26,29). The zero-order valence-electron chi connectivity index (χ0n) is 16.5. The van der Waals surface area contributed by atoms with Gasteiger partial charge in [-0.2, -0.15) is 0 Å². The van der Waals surface area contributed by atoms with Crippen molar-refractivity contribution in [1.29, 1.82) is 0 Å². The molecular formula is C21H25N3O4S. The molecule has 2 aromatic carbocycles. The second-order valence-electron chi connectivity index (χ2n) is 6.08. The summed E-state index contributed by atoms with van der Waals surface area (Å²) in [5, 5.41) is 8.52. The molecule has 0 heterocycles. The second kappa shape index (κ2) is 11.8. The summed E-state index contributed by atoms with van der Waals surface area (Å²) in [6.45, 7) is 3.38. The van der Waals surface area contributed by atoms with E-state index in [4.69, 9.17) is 21.7 Å². The lowest BCUT2D eigenvalue weighted by molar-refractivity contribution is 0.0950.